The minimum Gasteiger partial charge on any atom is -0.508 e. The Labute approximate surface area is 152 Å². The Morgan fingerprint density at radius 1 is 1.23 bits per heavy atom. The molecule has 0 aliphatic heterocycles. The molecule has 1 aromatic heterocycles. The van der Waals surface area contributed by atoms with Crippen molar-refractivity contribution in [3.8, 4) is 11.5 Å². The topological polar surface area (TPSA) is 70.2 Å². The van der Waals surface area contributed by atoms with Gasteiger partial charge in [-0.15, -0.1) is 0 Å². The number of fused-ring (bicyclic) bond motifs is 1. The maximum absolute atomic E-state index is 10.0. The molecule has 1 heterocycles. The molecule has 3 rings (SSSR count). The highest BCUT2D eigenvalue weighted by atomic mass is 16.5. The van der Waals surface area contributed by atoms with Crippen LogP contribution in [0.3, 0.4) is 0 Å². The Kier molecular flexibility index (Phi) is 5.31. The highest BCUT2D eigenvalue weighted by Crippen LogP contribution is 2.23. The molecule has 0 saturated carbocycles. The molecule has 26 heavy (non-hydrogen) atoms. The Bertz CT molecular complexity index is 885. The SMILES string of the molecule is CN=C(NCc1cc(OC)ccc1O)N(C)Cc1cc2ccccc2o1. The van der Waals surface area contributed by atoms with Gasteiger partial charge in [-0.05, 0) is 30.3 Å². The molecule has 0 aliphatic carbocycles. The fourth-order valence-corrected chi connectivity index (χ4v) is 2.81. The lowest BCUT2D eigenvalue weighted by atomic mass is 10.2. The number of hydrogen-bond acceptors (Lipinski definition) is 4. The zero-order chi connectivity index (χ0) is 18.5. The van der Waals surface area contributed by atoms with Crippen molar-refractivity contribution < 1.29 is 14.3 Å². The number of ether oxygens (including phenoxy) is 1. The van der Waals surface area contributed by atoms with E-state index in [9.17, 15) is 5.11 Å². The van der Waals surface area contributed by atoms with E-state index >= 15 is 0 Å². The Balaban J connectivity index is 1.66. The highest BCUT2D eigenvalue weighted by Gasteiger charge is 2.11. The van der Waals surface area contributed by atoms with Gasteiger partial charge in [0.1, 0.15) is 22.8 Å². The molecule has 0 saturated heterocycles. The third-order valence-electron chi connectivity index (χ3n) is 4.17. The van der Waals surface area contributed by atoms with Gasteiger partial charge in [0.15, 0.2) is 5.96 Å². The quantitative estimate of drug-likeness (QED) is 0.544. The standard InChI is InChI=1S/C20H23N3O3/c1-21-20(22-12-15-11-16(25-3)8-9-18(15)24)23(2)13-17-10-14-6-4-5-7-19(14)26-17/h4-11,24H,12-13H2,1-3H3,(H,21,22). The van der Waals surface area contributed by atoms with E-state index < -0.39 is 0 Å². The third kappa shape index (κ3) is 3.91. The van der Waals surface area contributed by atoms with E-state index in [4.69, 9.17) is 9.15 Å². The van der Waals surface area contributed by atoms with E-state index in [1.807, 2.05) is 42.3 Å². The van der Waals surface area contributed by atoms with Crippen LogP contribution < -0.4 is 10.1 Å². The van der Waals surface area contributed by atoms with E-state index in [1.165, 1.54) is 0 Å². The van der Waals surface area contributed by atoms with Crippen LogP contribution in [0.5, 0.6) is 11.5 Å². The van der Waals surface area contributed by atoms with Crippen molar-refractivity contribution in [2.45, 2.75) is 13.1 Å². The number of phenolic OH excluding ortho intramolecular Hbond substituents is 1. The first kappa shape index (κ1) is 17.7. The molecule has 0 atom stereocenters. The fourth-order valence-electron chi connectivity index (χ4n) is 2.81. The number of aliphatic imine (C=N–C) groups is 1. The second-order valence-corrected chi connectivity index (χ2v) is 6.00. The second kappa shape index (κ2) is 7.82. The van der Waals surface area contributed by atoms with Gasteiger partial charge >= 0.3 is 0 Å². The van der Waals surface area contributed by atoms with Crippen LogP contribution in [0.4, 0.5) is 0 Å². The molecule has 0 amide bonds. The second-order valence-electron chi connectivity index (χ2n) is 6.00. The van der Waals surface area contributed by atoms with Crippen molar-refractivity contribution in [2.24, 2.45) is 4.99 Å². The Morgan fingerprint density at radius 3 is 2.77 bits per heavy atom. The number of benzene rings is 2. The summed E-state index contributed by atoms with van der Waals surface area (Å²) in [6, 6.07) is 15.1. The predicted molar refractivity (Wildman–Crippen MR) is 103 cm³/mol. The van der Waals surface area contributed by atoms with Crippen molar-refractivity contribution in [2.75, 3.05) is 21.2 Å². The molecule has 136 valence electrons. The van der Waals surface area contributed by atoms with Gasteiger partial charge in [0.05, 0.1) is 13.7 Å². The van der Waals surface area contributed by atoms with Crippen LogP contribution in [-0.2, 0) is 13.1 Å². The largest absolute Gasteiger partial charge is 0.508 e. The zero-order valence-corrected chi connectivity index (χ0v) is 15.2. The predicted octanol–water partition coefficient (Wildman–Crippen LogP) is 3.35. The summed E-state index contributed by atoms with van der Waals surface area (Å²) in [6.45, 7) is 1.01. The van der Waals surface area contributed by atoms with Crippen LogP contribution in [-0.4, -0.2) is 37.2 Å². The first-order valence-corrected chi connectivity index (χ1v) is 8.36. The molecule has 0 spiro atoms. The number of guanidine groups is 1. The maximum Gasteiger partial charge on any atom is 0.194 e. The van der Waals surface area contributed by atoms with Crippen molar-refractivity contribution in [3.05, 3.63) is 59.9 Å². The average Bonchev–Trinajstić information content (AvgIpc) is 3.05. The number of nitrogens with one attached hydrogen (secondary N) is 1. The number of para-hydroxylation sites is 1. The molecule has 6 nitrogen and oxygen atoms in total. The van der Waals surface area contributed by atoms with E-state index in [-0.39, 0.29) is 5.75 Å². The summed E-state index contributed by atoms with van der Waals surface area (Å²) in [5.74, 6) is 2.48. The number of rotatable bonds is 5. The van der Waals surface area contributed by atoms with Crippen LogP contribution in [0, 0.1) is 0 Å². The molecule has 0 fully saturated rings. The van der Waals surface area contributed by atoms with Crippen LogP contribution in [0.2, 0.25) is 0 Å². The van der Waals surface area contributed by atoms with Crippen molar-refractivity contribution in [1.29, 1.82) is 0 Å². The van der Waals surface area contributed by atoms with Crippen molar-refractivity contribution >= 4 is 16.9 Å². The van der Waals surface area contributed by atoms with E-state index in [2.05, 4.69) is 10.3 Å². The summed E-state index contributed by atoms with van der Waals surface area (Å²) in [5.41, 5.74) is 1.61. The third-order valence-corrected chi connectivity index (χ3v) is 4.17. The summed E-state index contributed by atoms with van der Waals surface area (Å²) in [4.78, 5) is 6.27. The maximum atomic E-state index is 10.0. The number of furan rings is 1. The van der Waals surface area contributed by atoms with E-state index in [1.54, 1.807) is 32.4 Å². The lowest BCUT2D eigenvalue weighted by molar-refractivity contribution is 0.407. The molecule has 2 N–H and O–H groups in total. The normalized spacial score (nSPS) is 11.6. The summed E-state index contributed by atoms with van der Waals surface area (Å²) in [7, 11) is 5.26. The van der Waals surface area contributed by atoms with Gasteiger partial charge in [-0.25, -0.2) is 0 Å². The highest BCUT2D eigenvalue weighted by molar-refractivity contribution is 5.80. The summed E-state index contributed by atoms with van der Waals surface area (Å²) < 4.78 is 11.1. The number of methoxy groups -OCH3 is 1. The first-order valence-electron chi connectivity index (χ1n) is 8.36. The molecule has 0 unspecified atom stereocenters. The molecule has 6 heteroatoms. The van der Waals surface area contributed by atoms with Crippen LogP contribution in [0.1, 0.15) is 11.3 Å². The summed E-state index contributed by atoms with van der Waals surface area (Å²) in [6.07, 6.45) is 0. The van der Waals surface area contributed by atoms with Gasteiger partial charge in [-0.1, -0.05) is 18.2 Å². The van der Waals surface area contributed by atoms with Gasteiger partial charge in [0.2, 0.25) is 0 Å². The molecular weight excluding hydrogens is 330 g/mol. The molecule has 0 radical (unpaired) electrons. The van der Waals surface area contributed by atoms with Crippen molar-refractivity contribution in [3.63, 3.8) is 0 Å². The lowest BCUT2D eigenvalue weighted by Crippen LogP contribution is -2.37. The van der Waals surface area contributed by atoms with E-state index in [0.29, 0.717) is 24.8 Å². The van der Waals surface area contributed by atoms with Gasteiger partial charge in [-0.2, -0.15) is 0 Å². The summed E-state index contributed by atoms with van der Waals surface area (Å²) >= 11 is 0. The van der Waals surface area contributed by atoms with Gasteiger partial charge < -0.3 is 24.5 Å². The summed E-state index contributed by atoms with van der Waals surface area (Å²) in [5, 5.41) is 14.3. The van der Waals surface area contributed by atoms with Crippen LogP contribution in [0.15, 0.2) is 57.9 Å². The monoisotopic (exact) mass is 353 g/mol. The van der Waals surface area contributed by atoms with Crippen molar-refractivity contribution in [1.82, 2.24) is 10.2 Å². The smallest absolute Gasteiger partial charge is 0.194 e. The number of hydrogen-bond donors (Lipinski definition) is 2. The molecule has 2 aromatic carbocycles. The van der Waals surface area contributed by atoms with Gasteiger partial charge in [0, 0.05) is 31.6 Å². The lowest BCUT2D eigenvalue weighted by Gasteiger charge is -2.21. The fraction of sp³-hybridized carbons (Fsp3) is 0.250. The Morgan fingerprint density at radius 2 is 2.04 bits per heavy atom. The van der Waals surface area contributed by atoms with Crippen LogP contribution >= 0.6 is 0 Å². The minimum atomic E-state index is 0.216. The molecule has 0 aliphatic rings. The van der Waals surface area contributed by atoms with Gasteiger partial charge in [-0.3, -0.25) is 4.99 Å². The number of phenols is 1. The zero-order valence-electron chi connectivity index (χ0n) is 15.2. The van der Waals surface area contributed by atoms with Crippen LogP contribution in [0.25, 0.3) is 11.0 Å². The molecular formula is C20H23N3O3. The minimum absolute atomic E-state index is 0.216. The van der Waals surface area contributed by atoms with E-state index in [0.717, 1.165) is 22.3 Å². The molecule has 0 bridgehead atoms. The first-order chi connectivity index (χ1) is 12.6. The van der Waals surface area contributed by atoms with Gasteiger partial charge in [0.25, 0.3) is 0 Å². The Hall–Kier alpha value is -3.15. The number of nitrogens with zero attached hydrogens (tertiary/aromatic N) is 2. The molecule has 3 aromatic rings. The average molecular weight is 353 g/mol. The number of aromatic hydroxyl groups is 1.